The lowest BCUT2D eigenvalue weighted by atomic mass is 10.2. The van der Waals surface area contributed by atoms with E-state index in [4.69, 9.17) is 10.6 Å². The van der Waals surface area contributed by atoms with Crippen molar-refractivity contribution in [1.82, 2.24) is 5.43 Å². The molecule has 2 amide bonds. The Bertz CT molecular complexity index is 681. The van der Waals surface area contributed by atoms with Gasteiger partial charge in [-0.1, -0.05) is 17.7 Å². The summed E-state index contributed by atoms with van der Waals surface area (Å²) < 4.78 is 5.41. The second-order valence-corrected chi connectivity index (χ2v) is 5.11. The number of carbonyl (C=O) groups excluding carboxylic acids is 2. The highest BCUT2D eigenvalue weighted by Crippen LogP contribution is 2.16. The molecule has 120 valence electrons. The number of ether oxygens (including phenoxy) is 1. The van der Waals surface area contributed by atoms with Crippen LogP contribution in [0.15, 0.2) is 48.5 Å². The van der Waals surface area contributed by atoms with E-state index in [2.05, 4.69) is 5.32 Å². The maximum absolute atomic E-state index is 12.2. The molecule has 0 aliphatic rings. The first-order valence-electron chi connectivity index (χ1n) is 7.15. The Kier molecular flexibility index (Phi) is 5.32. The first-order chi connectivity index (χ1) is 11.0. The van der Waals surface area contributed by atoms with Gasteiger partial charge >= 0.3 is 0 Å². The van der Waals surface area contributed by atoms with Crippen LogP contribution in [0.3, 0.4) is 0 Å². The molecule has 0 fully saturated rings. The van der Waals surface area contributed by atoms with Crippen molar-refractivity contribution in [3.8, 4) is 5.75 Å². The summed E-state index contributed by atoms with van der Waals surface area (Å²) in [5, 5.41) is 2.81. The van der Waals surface area contributed by atoms with Crippen molar-refractivity contribution in [2.45, 2.75) is 20.0 Å². The number of nitrogens with one attached hydrogen (secondary N) is 2. The standard InChI is InChI=1S/C17H19N3O3/c1-11-3-7-14(8-4-11)19-17(22)13-5-9-15(10-6-13)23-12(2)16(21)20-18/h3-10,12H,18H2,1-2H3,(H,19,22)(H,20,21)/t12-/m1/s1. The third kappa shape index (κ3) is 4.55. The molecule has 0 saturated carbocycles. The molecule has 2 rings (SSSR count). The molecule has 2 aromatic rings. The van der Waals surface area contributed by atoms with E-state index in [1.54, 1.807) is 31.2 Å². The second-order valence-electron chi connectivity index (χ2n) is 5.11. The third-order valence-corrected chi connectivity index (χ3v) is 3.25. The van der Waals surface area contributed by atoms with Crippen LogP contribution >= 0.6 is 0 Å². The quantitative estimate of drug-likeness (QED) is 0.447. The highest BCUT2D eigenvalue weighted by atomic mass is 16.5. The molecule has 0 radical (unpaired) electrons. The Balaban J connectivity index is 1.99. The van der Waals surface area contributed by atoms with Crippen LogP contribution in [0.1, 0.15) is 22.8 Å². The molecular formula is C17H19N3O3. The minimum Gasteiger partial charge on any atom is -0.481 e. The van der Waals surface area contributed by atoms with E-state index in [0.29, 0.717) is 11.3 Å². The Morgan fingerprint density at radius 3 is 2.22 bits per heavy atom. The van der Waals surface area contributed by atoms with Gasteiger partial charge in [-0.05, 0) is 50.2 Å². The Hall–Kier alpha value is -2.86. The molecule has 0 unspecified atom stereocenters. The van der Waals surface area contributed by atoms with Crippen molar-refractivity contribution in [3.05, 3.63) is 59.7 Å². The molecule has 0 heterocycles. The number of hydrogen-bond acceptors (Lipinski definition) is 4. The monoisotopic (exact) mass is 313 g/mol. The number of rotatable bonds is 5. The normalized spacial score (nSPS) is 11.4. The fraction of sp³-hybridized carbons (Fsp3) is 0.176. The van der Waals surface area contributed by atoms with Gasteiger partial charge < -0.3 is 10.1 Å². The van der Waals surface area contributed by atoms with Crippen LogP contribution < -0.4 is 21.3 Å². The van der Waals surface area contributed by atoms with E-state index in [9.17, 15) is 9.59 Å². The molecule has 23 heavy (non-hydrogen) atoms. The summed E-state index contributed by atoms with van der Waals surface area (Å²) in [6.45, 7) is 3.57. The fourth-order valence-corrected chi connectivity index (χ4v) is 1.90. The summed E-state index contributed by atoms with van der Waals surface area (Å²) in [6.07, 6.45) is -0.716. The number of amides is 2. The van der Waals surface area contributed by atoms with Crippen molar-refractivity contribution in [3.63, 3.8) is 0 Å². The van der Waals surface area contributed by atoms with E-state index in [1.807, 2.05) is 36.6 Å². The molecule has 0 saturated heterocycles. The molecule has 0 bridgehead atoms. The van der Waals surface area contributed by atoms with Crippen LogP contribution in [0.5, 0.6) is 5.75 Å². The number of hydrazine groups is 1. The zero-order valence-corrected chi connectivity index (χ0v) is 13.0. The van der Waals surface area contributed by atoms with Gasteiger partial charge in [0.2, 0.25) is 0 Å². The van der Waals surface area contributed by atoms with Crippen LogP contribution in [-0.2, 0) is 4.79 Å². The first kappa shape index (κ1) is 16.5. The lowest BCUT2D eigenvalue weighted by Gasteiger charge is -2.13. The van der Waals surface area contributed by atoms with Crippen LogP contribution in [0.4, 0.5) is 5.69 Å². The summed E-state index contributed by atoms with van der Waals surface area (Å²) in [5.41, 5.74) is 4.37. The van der Waals surface area contributed by atoms with E-state index in [-0.39, 0.29) is 5.91 Å². The summed E-state index contributed by atoms with van der Waals surface area (Å²) in [7, 11) is 0. The molecule has 0 aliphatic carbocycles. The van der Waals surface area contributed by atoms with Crippen LogP contribution in [-0.4, -0.2) is 17.9 Å². The molecule has 2 aromatic carbocycles. The van der Waals surface area contributed by atoms with Crippen molar-refractivity contribution < 1.29 is 14.3 Å². The molecular weight excluding hydrogens is 294 g/mol. The zero-order chi connectivity index (χ0) is 16.8. The summed E-state index contributed by atoms with van der Waals surface area (Å²) >= 11 is 0. The van der Waals surface area contributed by atoms with Gasteiger partial charge in [0.25, 0.3) is 11.8 Å². The van der Waals surface area contributed by atoms with Gasteiger partial charge in [0.15, 0.2) is 6.10 Å². The summed E-state index contributed by atoms with van der Waals surface area (Å²) in [4.78, 5) is 23.4. The predicted octanol–water partition coefficient (Wildman–Crippen LogP) is 2.00. The third-order valence-electron chi connectivity index (χ3n) is 3.25. The van der Waals surface area contributed by atoms with Gasteiger partial charge in [-0.25, -0.2) is 5.84 Å². The molecule has 6 heteroatoms. The lowest BCUT2D eigenvalue weighted by molar-refractivity contribution is -0.127. The van der Waals surface area contributed by atoms with Crippen LogP contribution in [0, 0.1) is 6.92 Å². The Morgan fingerprint density at radius 2 is 1.65 bits per heavy atom. The van der Waals surface area contributed by atoms with Crippen molar-refractivity contribution in [2.24, 2.45) is 5.84 Å². The van der Waals surface area contributed by atoms with Crippen molar-refractivity contribution in [2.75, 3.05) is 5.32 Å². The van der Waals surface area contributed by atoms with E-state index >= 15 is 0 Å². The smallest absolute Gasteiger partial charge is 0.274 e. The number of hydrogen-bond donors (Lipinski definition) is 3. The zero-order valence-electron chi connectivity index (χ0n) is 13.0. The van der Waals surface area contributed by atoms with Gasteiger partial charge in [-0.3, -0.25) is 15.0 Å². The Morgan fingerprint density at radius 1 is 1.04 bits per heavy atom. The summed E-state index contributed by atoms with van der Waals surface area (Å²) in [6, 6.07) is 14.1. The maximum Gasteiger partial charge on any atom is 0.274 e. The first-order valence-corrected chi connectivity index (χ1v) is 7.15. The SMILES string of the molecule is Cc1ccc(NC(=O)c2ccc(O[C@H](C)C(=O)NN)cc2)cc1. The van der Waals surface area contributed by atoms with Crippen molar-refractivity contribution in [1.29, 1.82) is 0 Å². The Labute approximate surface area is 134 Å². The lowest BCUT2D eigenvalue weighted by Crippen LogP contribution is -2.40. The number of nitrogens with two attached hydrogens (primary N) is 1. The van der Waals surface area contributed by atoms with Crippen LogP contribution in [0.25, 0.3) is 0 Å². The van der Waals surface area contributed by atoms with Gasteiger partial charge in [-0.15, -0.1) is 0 Å². The molecule has 4 N–H and O–H groups in total. The number of carbonyl (C=O) groups is 2. The highest BCUT2D eigenvalue weighted by molar-refractivity contribution is 6.04. The van der Waals surface area contributed by atoms with E-state index in [0.717, 1.165) is 11.3 Å². The van der Waals surface area contributed by atoms with Gasteiger partial charge in [0, 0.05) is 11.3 Å². The minimum atomic E-state index is -0.716. The maximum atomic E-state index is 12.2. The van der Waals surface area contributed by atoms with Crippen molar-refractivity contribution >= 4 is 17.5 Å². The molecule has 0 spiro atoms. The summed E-state index contributed by atoms with van der Waals surface area (Å²) in [5.74, 6) is 4.88. The largest absolute Gasteiger partial charge is 0.481 e. The van der Waals surface area contributed by atoms with Gasteiger partial charge in [-0.2, -0.15) is 0 Å². The molecule has 6 nitrogen and oxygen atoms in total. The average molecular weight is 313 g/mol. The van der Waals surface area contributed by atoms with Crippen LogP contribution in [0.2, 0.25) is 0 Å². The molecule has 1 atom stereocenters. The second kappa shape index (κ2) is 7.42. The number of aryl methyl sites for hydroxylation is 1. The minimum absolute atomic E-state index is 0.215. The average Bonchev–Trinajstić information content (AvgIpc) is 2.56. The molecule has 0 aliphatic heterocycles. The highest BCUT2D eigenvalue weighted by Gasteiger charge is 2.13. The fourth-order valence-electron chi connectivity index (χ4n) is 1.90. The number of anilines is 1. The predicted molar refractivity (Wildman–Crippen MR) is 88.0 cm³/mol. The van der Waals surface area contributed by atoms with E-state index < -0.39 is 12.0 Å². The number of benzene rings is 2. The van der Waals surface area contributed by atoms with Gasteiger partial charge in [0.05, 0.1) is 0 Å². The topological polar surface area (TPSA) is 93.4 Å². The van der Waals surface area contributed by atoms with Gasteiger partial charge in [0.1, 0.15) is 5.75 Å². The molecule has 0 aromatic heterocycles. The van der Waals surface area contributed by atoms with E-state index in [1.165, 1.54) is 0 Å².